The van der Waals surface area contributed by atoms with Gasteiger partial charge < -0.3 is 5.11 Å². The molecule has 2 heterocycles. The zero-order valence-electron chi connectivity index (χ0n) is 12.4. The zero-order valence-corrected chi connectivity index (χ0v) is 12.4. The monoisotopic (exact) mass is 301 g/mol. The number of aromatic nitrogens is 2. The van der Waals surface area contributed by atoms with Crippen molar-refractivity contribution in [3.63, 3.8) is 0 Å². The van der Waals surface area contributed by atoms with Crippen LogP contribution in [0.4, 0.5) is 0 Å². The summed E-state index contributed by atoms with van der Waals surface area (Å²) in [5, 5.41) is 9.56. The molecule has 0 bridgehead atoms. The predicted octanol–water partition coefficient (Wildman–Crippen LogP) is 1.47. The third-order valence-corrected chi connectivity index (χ3v) is 4.05. The van der Waals surface area contributed by atoms with E-state index in [1.165, 1.54) is 11.0 Å². The normalized spacial score (nSPS) is 16.0. The molecule has 116 valence electrons. The second kappa shape index (κ2) is 6.27. The summed E-state index contributed by atoms with van der Waals surface area (Å²) in [6, 6.07) is 7.08. The van der Waals surface area contributed by atoms with Crippen LogP contribution >= 0.6 is 0 Å². The minimum Gasteiger partial charge on any atom is -0.480 e. The van der Waals surface area contributed by atoms with Gasteiger partial charge in [0.1, 0.15) is 12.4 Å². The summed E-state index contributed by atoms with van der Waals surface area (Å²) in [5.41, 5.74) is 0.348. The highest BCUT2D eigenvalue weighted by atomic mass is 16.4. The molecule has 6 nitrogen and oxygen atoms in total. The molecule has 0 aliphatic carbocycles. The number of nitrogens with zero attached hydrogens (tertiary/aromatic N) is 3. The van der Waals surface area contributed by atoms with E-state index in [1.54, 1.807) is 18.2 Å². The summed E-state index contributed by atoms with van der Waals surface area (Å²) in [6.07, 6.45) is 3.50. The van der Waals surface area contributed by atoms with Crippen molar-refractivity contribution < 1.29 is 9.90 Å². The first-order valence-corrected chi connectivity index (χ1v) is 7.58. The quantitative estimate of drug-likeness (QED) is 0.925. The van der Waals surface area contributed by atoms with Crippen LogP contribution < -0.4 is 5.56 Å². The van der Waals surface area contributed by atoms with Gasteiger partial charge in [0.15, 0.2) is 0 Å². The molecule has 1 aromatic carbocycles. The SMILES string of the molecule is O=C(O)Cn1c(CN2CCCCC2)nc2ccccc2c1=O. The van der Waals surface area contributed by atoms with Gasteiger partial charge in [0.05, 0.1) is 17.4 Å². The number of hydrogen-bond donors (Lipinski definition) is 1. The Morgan fingerprint density at radius 2 is 1.91 bits per heavy atom. The third kappa shape index (κ3) is 3.01. The number of piperidine rings is 1. The summed E-state index contributed by atoms with van der Waals surface area (Å²) in [4.78, 5) is 30.4. The Balaban J connectivity index is 2.05. The van der Waals surface area contributed by atoms with Crippen molar-refractivity contribution in [2.45, 2.75) is 32.4 Å². The van der Waals surface area contributed by atoms with Gasteiger partial charge >= 0.3 is 5.97 Å². The molecule has 0 atom stereocenters. The van der Waals surface area contributed by atoms with Crippen LogP contribution in [-0.4, -0.2) is 38.6 Å². The van der Waals surface area contributed by atoms with Crippen LogP contribution in [0.1, 0.15) is 25.1 Å². The number of fused-ring (bicyclic) bond motifs is 1. The van der Waals surface area contributed by atoms with Crippen LogP contribution in [0, 0.1) is 0 Å². The van der Waals surface area contributed by atoms with Crippen LogP contribution in [0.15, 0.2) is 29.1 Å². The molecule has 0 spiro atoms. The van der Waals surface area contributed by atoms with Gasteiger partial charge in [-0.05, 0) is 38.1 Å². The van der Waals surface area contributed by atoms with Gasteiger partial charge in [0.25, 0.3) is 5.56 Å². The van der Waals surface area contributed by atoms with Crippen molar-refractivity contribution in [1.82, 2.24) is 14.5 Å². The Hall–Kier alpha value is -2.21. The van der Waals surface area contributed by atoms with Gasteiger partial charge in [-0.1, -0.05) is 18.6 Å². The first-order valence-electron chi connectivity index (χ1n) is 7.58. The third-order valence-electron chi connectivity index (χ3n) is 4.05. The van der Waals surface area contributed by atoms with E-state index in [0.717, 1.165) is 25.9 Å². The minimum absolute atomic E-state index is 0.278. The minimum atomic E-state index is -1.03. The Kier molecular flexibility index (Phi) is 4.20. The van der Waals surface area contributed by atoms with Crippen LogP contribution in [0.5, 0.6) is 0 Å². The molecule has 6 heteroatoms. The predicted molar refractivity (Wildman–Crippen MR) is 82.8 cm³/mol. The summed E-state index contributed by atoms with van der Waals surface area (Å²) < 4.78 is 1.29. The zero-order chi connectivity index (χ0) is 15.5. The van der Waals surface area contributed by atoms with Gasteiger partial charge in [0, 0.05) is 0 Å². The highest BCUT2D eigenvalue weighted by Crippen LogP contribution is 2.14. The lowest BCUT2D eigenvalue weighted by atomic mass is 10.1. The summed E-state index contributed by atoms with van der Waals surface area (Å²) in [7, 11) is 0. The summed E-state index contributed by atoms with van der Waals surface area (Å²) >= 11 is 0. The fraction of sp³-hybridized carbons (Fsp3) is 0.438. The fourth-order valence-electron chi connectivity index (χ4n) is 2.95. The number of carbonyl (C=O) groups is 1. The second-order valence-electron chi connectivity index (χ2n) is 5.67. The van der Waals surface area contributed by atoms with E-state index < -0.39 is 5.97 Å². The summed E-state index contributed by atoms with van der Waals surface area (Å²) in [6.45, 7) is 2.11. The Morgan fingerprint density at radius 1 is 1.18 bits per heavy atom. The van der Waals surface area contributed by atoms with E-state index in [4.69, 9.17) is 5.11 Å². The Morgan fingerprint density at radius 3 is 2.64 bits per heavy atom. The molecule has 0 unspecified atom stereocenters. The van der Waals surface area contributed by atoms with E-state index in [2.05, 4.69) is 9.88 Å². The maximum Gasteiger partial charge on any atom is 0.323 e. The number of aliphatic carboxylic acids is 1. The van der Waals surface area contributed by atoms with Gasteiger partial charge in [0.2, 0.25) is 0 Å². The molecule has 0 radical (unpaired) electrons. The van der Waals surface area contributed by atoms with Crippen molar-refractivity contribution in [2.24, 2.45) is 0 Å². The van der Waals surface area contributed by atoms with Gasteiger partial charge in [-0.2, -0.15) is 0 Å². The topological polar surface area (TPSA) is 75.4 Å². The van der Waals surface area contributed by atoms with Gasteiger partial charge in [-0.15, -0.1) is 0 Å². The number of rotatable bonds is 4. The van der Waals surface area contributed by atoms with E-state index in [-0.39, 0.29) is 12.1 Å². The molecule has 0 saturated carbocycles. The van der Waals surface area contributed by atoms with Gasteiger partial charge in [-0.3, -0.25) is 19.1 Å². The lowest BCUT2D eigenvalue weighted by molar-refractivity contribution is -0.137. The lowest BCUT2D eigenvalue weighted by Crippen LogP contribution is -2.35. The number of benzene rings is 1. The summed E-state index contributed by atoms with van der Waals surface area (Å²) in [5.74, 6) is -0.493. The number of likely N-dealkylation sites (tertiary alicyclic amines) is 1. The smallest absolute Gasteiger partial charge is 0.323 e. The highest BCUT2D eigenvalue weighted by molar-refractivity contribution is 5.77. The number of hydrogen-bond acceptors (Lipinski definition) is 4. The molecule has 3 rings (SSSR count). The molecular weight excluding hydrogens is 282 g/mol. The molecule has 1 aliphatic rings. The molecule has 0 amide bonds. The maximum atomic E-state index is 12.6. The van der Waals surface area contributed by atoms with E-state index in [0.29, 0.717) is 23.3 Å². The van der Waals surface area contributed by atoms with E-state index in [1.807, 2.05) is 6.07 Å². The number of carboxylic acid groups (broad SMARTS) is 1. The molecule has 22 heavy (non-hydrogen) atoms. The average molecular weight is 301 g/mol. The Labute approximate surface area is 128 Å². The van der Waals surface area contributed by atoms with Crippen molar-refractivity contribution >= 4 is 16.9 Å². The lowest BCUT2D eigenvalue weighted by Gasteiger charge is -2.26. The Bertz CT molecular complexity index is 748. The van der Waals surface area contributed by atoms with Crippen molar-refractivity contribution in [3.8, 4) is 0 Å². The molecule has 1 fully saturated rings. The highest BCUT2D eigenvalue weighted by Gasteiger charge is 2.17. The molecular formula is C16H19N3O3. The van der Waals surface area contributed by atoms with Crippen molar-refractivity contribution in [1.29, 1.82) is 0 Å². The number of para-hydroxylation sites is 1. The van der Waals surface area contributed by atoms with Crippen LogP contribution in [-0.2, 0) is 17.9 Å². The van der Waals surface area contributed by atoms with Crippen LogP contribution in [0.2, 0.25) is 0 Å². The van der Waals surface area contributed by atoms with E-state index >= 15 is 0 Å². The van der Waals surface area contributed by atoms with Crippen LogP contribution in [0.25, 0.3) is 10.9 Å². The first-order chi connectivity index (χ1) is 10.6. The average Bonchev–Trinajstić information content (AvgIpc) is 2.52. The second-order valence-corrected chi connectivity index (χ2v) is 5.67. The fourth-order valence-corrected chi connectivity index (χ4v) is 2.95. The standard InChI is InChI=1S/C16H19N3O3/c20-15(21)11-19-14(10-18-8-4-1-5-9-18)17-13-7-3-2-6-12(13)16(19)22/h2-3,6-7H,1,4-5,8-11H2,(H,20,21). The van der Waals surface area contributed by atoms with E-state index in [9.17, 15) is 9.59 Å². The molecule has 1 N–H and O–H groups in total. The van der Waals surface area contributed by atoms with Crippen molar-refractivity contribution in [2.75, 3.05) is 13.1 Å². The molecule has 1 aromatic heterocycles. The molecule has 1 saturated heterocycles. The molecule has 2 aromatic rings. The molecule has 1 aliphatic heterocycles. The van der Waals surface area contributed by atoms with Gasteiger partial charge in [-0.25, -0.2) is 4.98 Å². The van der Waals surface area contributed by atoms with Crippen LogP contribution in [0.3, 0.4) is 0 Å². The maximum absolute atomic E-state index is 12.6. The van der Waals surface area contributed by atoms with Crippen molar-refractivity contribution in [3.05, 3.63) is 40.4 Å². The number of carboxylic acids is 1. The largest absolute Gasteiger partial charge is 0.480 e. The first kappa shape index (κ1) is 14.7.